The number of nitro groups is 1. The summed E-state index contributed by atoms with van der Waals surface area (Å²) in [7, 11) is 0. The molecule has 1 atom stereocenters. The zero-order valence-electron chi connectivity index (χ0n) is 15.3. The van der Waals surface area contributed by atoms with E-state index in [-0.39, 0.29) is 12.2 Å². The monoisotopic (exact) mass is 387 g/mol. The molecule has 1 aliphatic heterocycles. The maximum atomic E-state index is 13.3. The van der Waals surface area contributed by atoms with Gasteiger partial charge in [0.2, 0.25) is 0 Å². The number of halogens is 3. The predicted molar refractivity (Wildman–Crippen MR) is 92.8 cm³/mol. The lowest BCUT2D eigenvalue weighted by Crippen LogP contribution is -2.40. The summed E-state index contributed by atoms with van der Waals surface area (Å²) in [6, 6.07) is 2.57. The Morgan fingerprint density at radius 3 is 2.48 bits per heavy atom. The molecule has 1 saturated heterocycles. The number of benzene rings is 1. The van der Waals surface area contributed by atoms with Crippen LogP contribution in [0.2, 0.25) is 0 Å². The van der Waals surface area contributed by atoms with Crippen LogP contribution in [0.5, 0.6) is 5.75 Å². The largest absolute Gasteiger partial charge is 0.490 e. The number of nitro benzene ring substituents is 1. The number of hydrogen-bond acceptors (Lipinski definition) is 4. The van der Waals surface area contributed by atoms with Gasteiger partial charge < -0.3 is 9.47 Å². The van der Waals surface area contributed by atoms with Gasteiger partial charge in [-0.05, 0) is 38.2 Å². The summed E-state index contributed by atoms with van der Waals surface area (Å²) >= 11 is 0. The van der Waals surface area contributed by atoms with Crippen molar-refractivity contribution in [2.75, 3.05) is 6.61 Å². The highest BCUT2D eigenvalue weighted by molar-refractivity contribution is 5.45. The Hall–Kier alpha value is -1.83. The van der Waals surface area contributed by atoms with E-state index in [9.17, 15) is 23.3 Å². The van der Waals surface area contributed by atoms with E-state index in [0.717, 1.165) is 50.7 Å². The highest BCUT2D eigenvalue weighted by Crippen LogP contribution is 2.48. The highest BCUT2D eigenvalue weighted by Gasteiger charge is 2.49. The predicted octanol–water partition coefficient (Wildman–Crippen LogP) is 5.65. The summed E-state index contributed by atoms with van der Waals surface area (Å²) < 4.78 is 51.9. The Labute approximate surface area is 156 Å². The van der Waals surface area contributed by atoms with Crippen LogP contribution < -0.4 is 4.74 Å². The first-order valence-corrected chi connectivity index (χ1v) is 9.37. The maximum absolute atomic E-state index is 13.3. The van der Waals surface area contributed by atoms with Gasteiger partial charge in [-0.3, -0.25) is 10.1 Å². The van der Waals surface area contributed by atoms with Gasteiger partial charge in [-0.15, -0.1) is 0 Å². The van der Waals surface area contributed by atoms with Crippen molar-refractivity contribution in [2.45, 2.75) is 75.7 Å². The topological polar surface area (TPSA) is 61.6 Å². The van der Waals surface area contributed by atoms with Gasteiger partial charge in [0.05, 0.1) is 10.5 Å². The molecule has 27 heavy (non-hydrogen) atoms. The number of alkyl halides is 3. The molecule has 2 aliphatic rings. The summed E-state index contributed by atoms with van der Waals surface area (Å²) in [5.41, 5.74) is -2.52. The third-order valence-electron chi connectivity index (χ3n) is 5.85. The molecule has 3 rings (SSSR count). The average Bonchev–Trinajstić information content (AvgIpc) is 2.98. The van der Waals surface area contributed by atoms with E-state index in [1.807, 2.05) is 6.92 Å². The summed E-state index contributed by atoms with van der Waals surface area (Å²) in [5.74, 6) is -0.394. The van der Waals surface area contributed by atoms with E-state index in [2.05, 4.69) is 0 Å². The van der Waals surface area contributed by atoms with Crippen molar-refractivity contribution >= 4 is 5.69 Å². The molecule has 1 aliphatic carbocycles. The van der Waals surface area contributed by atoms with Crippen molar-refractivity contribution < 1.29 is 27.6 Å². The Bertz CT molecular complexity index is 701. The quantitative estimate of drug-likeness (QED) is 0.483. The zero-order valence-corrected chi connectivity index (χ0v) is 15.3. The number of nitrogens with zero attached hydrogens (tertiary/aromatic N) is 1. The molecule has 0 bridgehead atoms. The van der Waals surface area contributed by atoms with Crippen molar-refractivity contribution in [3.8, 4) is 5.75 Å². The lowest BCUT2D eigenvalue weighted by Gasteiger charge is -2.37. The third kappa shape index (κ3) is 4.20. The molecule has 1 aromatic rings. The normalized spacial score (nSPS) is 24.9. The van der Waals surface area contributed by atoms with E-state index < -0.39 is 33.7 Å². The van der Waals surface area contributed by atoms with Gasteiger partial charge in [-0.25, -0.2) is 0 Å². The first-order chi connectivity index (χ1) is 12.7. The van der Waals surface area contributed by atoms with Gasteiger partial charge in [0.15, 0.2) is 0 Å². The minimum Gasteiger partial charge on any atom is -0.490 e. The van der Waals surface area contributed by atoms with Crippen molar-refractivity contribution in [3.05, 3.63) is 33.9 Å². The van der Waals surface area contributed by atoms with E-state index in [0.29, 0.717) is 12.5 Å². The Morgan fingerprint density at radius 2 is 1.89 bits per heavy atom. The maximum Gasteiger partial charge on any atom is 0.420 e. The molecule has 8 heteroatoms. The summed E-state index contributed by atoms with van der Waals surface area (Å²) in [5, 5.41) is 10.8. The highest BCUT2D eigenvalue weighted by atomic mass is 19.4. The second kappa shape index (κ2) is 7.30. The second-order valence-electron chi connectivity index (χ2n) is 7.61. The van der Waals surface area contributed by atoms with Gasteiger partial charge in [-0.1, -0.05) is 26.2 Å². The molecular weight excluding hydrogens is 363 g/mol. The van der Waals surface area contributed by atoms with Crippen molar-refractivity contribution in [1.82, 2.24) is 0 Å². The molecular formula is C19H24F3NO4. The molecule has 0 radical (unpaired) electrons. The van der Waals surface area contributed by atoms with Crippen molar-refractivity contribution in [1.29, 1.82) is 0 Å². The fourth-order valence-electron chi connectivity index (χ4n) is 4.21. The lowest BCUT2D eigenvalue weighted by molar-refractivity contribution is -0.385. The Balaban J connectivity index is 1.78. The molecule has 150 valence electrons. The number of non-ortho nitro benzene ring substituents is 1. The summed E-state index contributed by atoms with van der Waals surface area (Å²) in [6.07, 6.45) is 2.94. The summed E-state index contributed by atoms with van der Waals surface area (Å²) in [4.78, 5) is 9.96. The van der Waals surface area contributed by atoms with E-state index in [1.54, 1.807) is 0 Å². The fourth-order valence-corrected chi connectivity index (χ4v) is 4.21. The number of ether oxygens (including phenoxy) is 2. The molecule has 1 saturated carbocycles. The first kappa shape index (κ1) is 19.9. The van der Waals surface area contributed by atoms with Crippen molar-refractivity contribution in [2.24, 2.45) is 0 Å². The molecule has 0 amide bonds. The second-order valence-corrected chi connectivity index (χ2v) is 7.61. The molecule has 1 aromatic carbocycles. The first-order valence-electron chi connectivity index (χ1n) is 9.37. The molecule has 2 fully saturated rings. The van der Waals surface area contributed by atoms with Crippen molar-refractivity contribution in [3.63, 3.8) is 0 Å². The van der Waals surface area contributed by atoms with E-state index in [1.165, 1.54) is 6.42 Å². The fraction of sp³-hybridized carbons (Fsp3) is 0.684. The van der Waals surface area contributed by atoms with Gasteiger partial charge in [0, 0.05) is 12.1 Å². The van der Waals surface area contributed by atoms with Crippen LogP contribution in [-0.4, -0.2) is 22.7 Å². The van der Waals surface area contributed by atoms with E-state index >= 15 is 0 Å². The Morgan fingerprint density at radius 1 is 1.19 bits per heavy atom. The standard InChI is InChI=1S/C19H24F3NO4/c1-2-17(10-11-18(27-17)8-4-3-5-9-18)13-26-16-7-6-14(23(24)25)12-15(16)19(20,21)22/h6-7,12H,2-5,8-11,13H2,1H3. The van der Waals surface area contributed by atoms with Crippen LogP contribution in [0.3, 0.4) is 0 Å². The molecule has 1 heterocycles. The molecule has 0 N–H and O–H groups in total. The SMILES string of the molecule is CCC1(COc2ccc([N+](=O)[O-])cc2C(F)(F)F)CCC2(CCCCC2)O1. The summed E-state index contributed by atoms with van der Waals surface area (Å²) in [6.45, 7) is 1.96. The van der Waals surface area contributed by atoms with Gasteiger partial charge >= 0.3 is 6.18 Å². The van der Waals surface area contributed by atoms with Gasteiger partial charge in [-0.2, -0.15) is 13.2 Å². The lowest BCUT2D eigenvalue weighted by atomic mass is 9.82. The van der Waals surface area contributed by atoms with Crippen LogP contribution in [0.4, 0.5) is 18.9 Å². The number of hydrogen-bond donors (Lipinski definition) is 0. The smallest absolute Gasteiger partial charge is 0.420 e. The molecule has 1 spiro atoms. The minimum absolute atomic E-state index is 0.00609. The molecule has 0 aromatic heterocycles. The van der Waals surface area contributed by atoms with Crippen LogP contribution in [0.1, 0.15) is 63.9 Å². The third-order valence-corrected chi connectivity index (χ3v) is 5.85. The average molecular weight is 387 g/mol. The van der Waals surface area contributed by atoms with Gasteiger partial charge in [0.1, 0.15) is 23.5 Å². The number of rotatable bonds is 5. The Kier molecular flexibility index (Phi) is 5.38. The van der Waals surface area contributed by atoms with Crippen LogP contribution in [-0.2, 0) is 10.9 Å². The van der Waals surface area contributed by atoms with E-state index in [4.69, 9.17) is 9.47 Å². The van der Waals surface area contributed by atoms with Crippen LogP contribution >= 0.6 is 0 Å². The van der Waals surface area contributed by atoms with Crippen LogP contribution in [0.25, 0.3) is 0 Å². The minimum atomic E-state index is -4.73. The zero-order chi connectivity index (χ0) is 19.7. The van der Waals surface area contributed by atoms with Gasteiger partial charge in [0.25, 0.3) is 5.69 Å². The van der Waals surface area contributed by atoms with Crippen LogP contribution in [0, 0.1) is 10.1 Å². The molecule has 5 nitrogen and oxygen atoms in total. The molecule has 1 unspecified atom stereocenters. The van der Waals surface area contributed by atoms with Crippen LogP contribution in [0.15, 0.2) is 18.2 Å².